The third kappa shape index (κ3) is 4.99. The monoisotopic (exact) mass is 325 g/mol. The Kier molecular flexibility index (Phi) is 5.65. The highest BCUT2D eigenvalue weighted by Crippen LogP contribution is 2.24. The van der Waals surface area contributed by atoms with Crippen LogP contribution in [0.4, 0.5) is 14.5 Å². The third-order valence-electron chi connectivity index (χ3n) is 3.97. The molecule has 0 aromatic heterocycles. The van der Waals surface area contributed by atoms with Crippen molar-refractivity contribution in [3.8, 4) is 0 Å². The van der Waals surface area contributed by atoms with Crippen molar-refractivity contribution in [3.05, 3.63) is 29.8 Å². The molecule has 0 aliphatic heterocycles. The van der Waals surface area contributed by atoms with E-state index >= 15 is 0 Å². The van der Waals surface area contributed by atoms with Crippen LogP contribution in [-0.4, -0.2) is 36.3 Å². The van der Waals surface area contributed by atoms with Crippen LogP contribution in [0.2, 0.25) is 0 Å². The molecule has 1 aromatic rings. The Labute approximate surface area is 133 Å². The second-order valence-corrected chi connectivity index (χ2v) is 6.02. The molecule has 0 saturated heterocycles. The molecule has 5 nitrogen and oxygen atoms in total. The number of amides is 2. The maximum Gasteiger partial charge on any atom is 0.243 e. The lowest BCUT2D eigenvalue weighted by molar-refractivity contribution is -0.138. The Hall–Kier alpha value is -2.02. The molecule has 2 rings (SSSR count). The zero-order valence-electron chi connectivity index (χ0n) is 13.0. The molecule has 2 atom stereocenters. The Morgan fingerprint density at radius 3 is 2.52 bits per heavy atom. The summed E-state index contributed by atoms with van der Waals surface area (Å²) in [6.07, 6.45) is 3.22. The zero-order valence-corrected chi connectivity index (χ0v) is 13.0. The molecule has 1 aliphatic rings. The molecule has 23 heavy (non-hydrogen) atoms. The lowest BCUT2D eigenvalue weighted by atomic mass is 9.85. The molecule has 1 aliphatic carbocycles. The van der Waals surface area contributed by atoms with Crippen molar-refractivity contribution in [2.24, 2.45) is 11.7 Å². The first-order chi connectivity index (χ1) is 10.8. The lowest BCUT2D eigenvalue weighted by Crippen LogP contribution is -2.41. The molecule has 126 valence electrons. The summed E-state index contributed by atoms with van der Waals surface area (Å²) >= 11 is 0. The number of carbonyl (C=O) groups is 2. The van der Waals surface area contributed by atoms with Gasteiger partial charge in [-0.3, -0.25) is 9.59 Å². The number of rotatable bonds is 4. The first-order valence-electron chi connectivity index (χ1n) is 7.61. The number of nitrogens with two attached hydrogens (primary N) is 1. The van der Waals surface area contributed by atoms with Crippen molar-refractivity contribution in [1.82, 2.24) is 4.90 Å². The van der Waals surface area contributed by atoms with Crippen molar-refractivity contribution in [2.75, 3.05) is 18.9 Å². The fourth-order valence-corrected chi connectivity index (χ4v) is 2.88. The van der Waals surface area contributed by atoms with Crippen LogP contribution in [0.25, 0.3) is 0 Å². The van der Waals surface area contributed by atoms with Gasteiger partial charge in [0.25, 0.3) is 0 Å². The first kappa shape index (κ1) is 17.3. The topological polar surface area (TPSA) is 75.4 Å². The van der Waals surface area contributed by atoms with Gasteiger partial charge in [-0.15, -0.1) is 0 Å². The highest BCUT2D eigenvalue weighted by atomic mass is 19.1. The molecule has 0 radical (unpaired) electrons. The fourth-order valence-electron chi connectivity index (χ4n) is 2.88. The number of nitrogens with one attached hydrogen (secondary N) is 1. The van der Waals surface area contributed by atoms with Crippen LogP contribution in [0, 0.1) is 17.6 Å². The minimum absolute atomic E-state index is 0.0213. The molecule has 3 N–H and O–H groups in total. The second-order valence-electron chi connectivity index (χ2n) is 6.02. The van der Waals surface area contributed by atoms with E-state index in [0.717, 1.165) is 37.5 Å². The molecule has 1 aromatic carbocycles. The third-order valence-corrected chi connectivity index (χ3v) is 3.97. The summed E-state index contributed by atoms with van der Waals surface area (Å²) in [4.78, 5) is 25.6. The minimum atomic E-state index is -0.777. The number of nitrogens with zero attached hydrogens (tertiary/aromatic N) is 1. The van der Waals surface area contributed by atoms with Gasteiger partial charge in [0.1, 0.15) is 11.6 Å². The quantitative estimate of drug-likeness (QED) is 0.887. The average molecular weight is 325 g/mol. The van der Waals surface area contributed by atoms with Crippen LogP contribution in [0.5, 0.6) is 0 Å². The Morgan fingerprint density at radius 1 is 1.26 bits per heavy atom. The number of likely N-dealkylation sites (N-methyl/N-ethyl adjacent to an activating group) is 1. The number of carbonyl (C=O) groups excluding carboxylic acids is 2. The van der Waals surface area contributed by atoms with Crippen LogP contribution >= 0.6 is 0 Å². The maximum absolute atomic E-state index is 13.1. The lowest BCUT2D eigenvalue weighted by Gasteiger charge is -2.29. The molecule has 7 heteroatoms. The van der Waals surface area contributed by atoms with Gasteiger partial charge in [-0.05, 0) is 31.4 Å². The van der Waals surface area contributed by atoms with Gasteiger partial charge in [0.2, 0.25) is 11.8 Å². The van der Waals surface area contributed by atoms with Crippen LogP contribution in [0.15, 0.2) is 18.2 Å². The SMILES string of the molecule is CN(CC(=O)Nc1cc(F)cc(F)c1)C(=O)C1CCCC(N)C1. The van der Waals surface area contributed by atoms with E-state index in [-0.39, 0.29) is 30.1 Å². The first-order valence-corrected chi connectivity index (χ1v) is 7.61. The van der Waals surface area contributed by atoms with Gasteiger partial charge in [0.05, 0.1) is 6.54 Å². The predicted molar refractivity (Wildman–Crippen MR) is 82.6 cm³/mol. The van der Waals surface area contributed by atoms with Crippen LogP contribution in [-0.2, 0) is 9.59 Å². The van der Waals surface area contributed by atoms with E-state index < -0.39 is 17.5 Å². The molecule has 0 bridgehead atoms. The van der Waals surface area contributed by atoms with Crippen molar-refractivity contribution < 1.29 is 18.4 Å². The van der Waals surface area contributed by atoms with E-state index in [0.29, 0.717) is 6.42 Å². The van der Waals surface area contributed by atoms with Gasteiger partial charge in [-0.25, -0.2) is 8.78 Å². The van der Waals surface area contributed by atoms with Crippen molar-refractivity contribution >= 4 is 17.5 Å². The summed E-state index contributed by atoms with van der Waals surface area (Å²) in [6, 6.07) is 2.78. The summed E-state index contributed by atoms with van der Waals surface area (Å²) in [5, 5.41) is 2.38. The summed E-state index contributed by atoms with van der Waals surface area (Å²) in [6.45, 7) is -0.178. The zero-order chi connectivity index (χ0) is 17.0. The molecule has 2 amide bonds. The van der Waals surface area contributed by atoms with Gasteiger partial charge in [-0.1, -0.05) is 6.42 Å². The molecular weight excluding hydrogens is 304 g/mol. The smallest absolute Gasteiger partial charge is 0.243 e. The number of benzene rings is 1. The number of hydrogen-bond donors (Lipinski definition) is 2. The molecule has 1 saturated carbocycles. The summed E-state index contributed by atoms with van der Waals surface area (Å²) in [7, 11) is 1.54. The fraction of sp³-hybridized carbons (Fsp3) is 0.500. The van der Waals surface area contributed by atoms with Gasteiger partial charge < -0.3 is 16.0 Å². The highest BCUT2D eigenvalue weighted by molar-refractivity contribution is 5.94. The molecule has 0 spiro atoms. The van der Waals surface area contributed by atoms with E-state index in [1.165, 1.54) is 11.9 Å². The second kappa shape index (κ2) is 7.50. The van der Waals surface area contributed by atoms with Crippen molar-refractivity contribution in [2.45, 2.75) is 31.7 Å². The largest absolute Gasteiger partial charge is 0.336 e. The van der Waals surface area contributed by atoms with Crippen molar-refractivity contribution in [1.29, 1.82) is 0 Å². The van der Waals surface area contributed by atoms with Gasteiger partial charge >= 0.3 is 0 Å². The van der Waals surface area contributed by atoms with E-state index in [9.17, 15) is 18.4 Å². The van der Waals surface area contributed by atoms with Crippen molar-refractivity contribution in [3.63, 3.8) is 0 Å². The number of halogens is 2. The number of hydrogen-bond acceptors (Lipinski definition) is 3. The normalized spacial score (nSPS) is 20.9. The summed E-state index contributed by atoms with van der Waals surface area (Å²) in [5.41, 5.74) is 5.90. The molecular formula is C16H21F2N3O2. The van der Waals surface area contributed by atoms with Gasteiger partial charge in [0, 0.05) is 30.8 Å². The van der Waals surface area contributed by atoms with E-state index in [1.54, 1.807) is 0 Å². The summed E-state index contributed by atoms with van der Waals surface area (Å²) in [5.74, 6) is -2.35. The minimum Gasteiger partial charge on any atom is -0.336 e. The Bertz CT molecular complexity index is 574. The Morgan fingerprint density at radius 2 is 1.91 bits per heavy atom. The van der Waals surface area contributed by atoms with E-state index in [2.05, 4.69) is 5.32 Å². The van der Waals surface area contributed by atoms with Gasteiger partial charge in [0.15, 0.2) is 0 Å². The molecule has 1 fully saturated rings. The molecule has 2 unspecified atom stereocenters. The molecule has 0 heterocycles. The van der Waals surface area contributed by atoms with Gasteiger partial charge in [-0.2, -0.15) is 0 Å². The Balaban J connectivity index is 1.89. The maximum atomic E-state index is 13.1. The summed E-state index contributed by atoms with van der Waals surface area (Å²) < 4.78 is 26.2. The van der Waals surface area contributed by atoms with Crippen LogP contribution in [0.1, 0.15) is 25.7 Å². The van der Waals surface area contributed by atoms with Crippen LogP contribution in [0.3, 0.4) is 0 Å². The standard InChI is InChI=1S/C16H21F2N3O2/c1-21(16(23)10-3-2-4-13(19)5-10)9-15(22)20-14-7-11(17)6-12(18)8-14/h6-8,10,13H,2-5,9,19H2,1H3,(H,20,22). The van der Waals surface area contributed by atoms with E-state index in [1.807, 2.05) is 0 Å². The predicted octanol–water partition coefficient (Wildman–Crippen LogP) is 1.88. The van der Waals surface area contributed by atoms with Crippen LogP contribution < -0.4 is 11.1 Å². The van der Waals surface area contributed by atoms with E-state index in [4.69, 9.17) is 5.73 Å². The average Bonchev–Trinajstić information content (AvgIpc) is 2.45. The highest BCUT2D eigenvalue weighted by Gasteiger charge is 2.28. The number of anilines is 1.